The fraction of sp³-hybridized carbons (Fsp3) is 0.500. The zero-order chi connectivity index (χ0) is 11.3. The Labute approximate surface area is 91.3 Å². The van der Waals surface area contributed by atoms with Crippen molar-refractivity contribution < 1.29 is 0 Å². The van der Waals surface area contributed by atoms with Crippen molar-refractivity contribution in [2.45, 2.75) is 32.6 Å². The molecule has 0 saturated carbocycles. The Morgan fingerprint density at radius 1 is 1.47 bits per heavy atom. The van der Waals surface area contributed by atoms with Gasteiger partial charge in [0.2, 0.25) is 0 Å². The SMILES string of the molecule is C#CCNc1cc(C(C)(C)CC)ncn1. The summed E-state index contributed by atoms with van der Waals surface area (Å²) in [5.74, 6) is 3.31. The standard InChI is InChI=1S/C12H17N3/c1-5-7-13-11-8-10(14-9-15-11)12(3,4)6-2/h1,8-9H,6-7H2,2-4H3,(H,13,14,15). The first-order valence-corrected chi connectivity index (χ1v) is 5.10. The summed E-state index contributed by atoms with van der Waals surface area (Å²) in [5.41, 5.74) is 1.12. The number of nitrogens with zero attached hydrogens (tertiary/aromatic N) is 2. The topological polar surface area (TPSA) is 37.8 Å². The van der Waals surface area contributed by atoms with E-state index in [2.05, 4.69) is 42.0 Å². The lowest BCUT2D eigenvalue weighted by Gasteiger charge is -2.21. The monoisotopic (exact) mass is 203 g/mol. The molecule has 0 aromatic carbocycles. The smallest absolute Gasteiger partial charge is 0.130 e. The molecule has 0 fully saturated rings. The number of hydrogen-bond donors (Lipinski definition) is 1. The molecule has 1 rings (SSSR count). The summed E-state index contributed by atoms with van der Waals surface area (Å²) in [6.45, 7) is 6.97. The van der Waals surface area contributed by atoms with Gasteiger partial charge in [-0.3, -0.25) is 0 Å². The van der Waals surface area contributed by atoms with Gasteiger partial charge in [0.15, 0.2) is 0 Å². The number of aromatic nitrogens is 2. The normalized spacial score (nSPS) is 10.8. The summed E-state index contributed by atoms with van der Waals surface area (Å²) >= 11 is 0. The fourth-order valence-electron chi connectivity index (χ4n) is 1.15. The highest BCUT2D eigenvalue weighted by Crippen LogP contribution is 2.25. The van der Waals surface area contributed by atoms with Crippen LogP contribution in [0.5, 0.6) is 0 Å². The zero-order valence-corrected chi connectivity index (χ0v) is 9.54. The molecule has 1 aromatic heterocycles. The molecule has 1 aromatic rings. The highest BCUT2D eigenvalue weighted by molar-refractivity contribution is 5.37. The lowest BCUT2D eigenvalue weighted by atomic mass is 9.86. The van der Waals surface area contributed by atoms with E-state index in [9.17, 15) is 0 Å². The molecule has 0 unspecified atom stereocenters. The maximum atomic E-state index is 5.17. The first kappa shape index (κ1) is 11.5. The summed E-state index contributed by atoms with van der Waals surface area (Å²) in [4.78, 5) is 8.39. The van der Waals surface area contributed by atoms with E-state index < -0.39 is 0 Å². The van der Waals surface area contributed by atoms with Crippen molar-refractivity contribution in [2.75, 3.05) is 11.9 Å². The van der Waals surface area contributed by atoms with E-state index >= 15 is 0 Å². The zero-order valence-electron chi connectivity index (χ0n) is 9.54. The summed E-state index contributed by atoms with van der Waals surface area (Å²) in [6.07, 6.45) is 7.79. The molecule has 3 heteroatoms. The van der Waals surface area contributed by atoms with E-state index in [0.717, 1.165) is 17.9 Å². The van der Waals surface area contributed by atoms with E-state index in [1.165, 1.54) is 0 Å². The second kappa shape index (κ2) is 4.79. The summed E-state index contributed by atoms with van der Waals surface area (Å²) < 4.78 is 0. The second-order valence-electron chi connectivity index (χ2n) is 4.08. The molecule has 80 valence electrons. The molecule has 1 N–H and O–H groups in total. The Balaban J connectivity index is 2.88. The van der Waals surface area contributed by atoms with Crippen LogP contribution in [0.2, 0.25) is 0 Å². The van der Waals surface area contributed by atoms with Crippen molar-refractivity contribution in [2.24, 2.45) is 0 Å². The predicted molar refractivity (Wildman–Crippen MR) is 62.7 cm³/mol. The summed E-state index contributed by atoms with van der Waals surface area (Å²) in [6, 6.07) is 1.96. The van der Waals surface area contributed by atoms with Gasteiger partial charge in [0, 0.05) is 11.5 Å². The minimum atomic E-state index is 0.0789. The van der Waals surface area contributed by atoms with Crippen LogP contribution in [0.25, 0.3) is 0 Å². The Morgan fingerprint density at radius 3 is 2.80 bits per heavy atom. The summed E-state index contributed by atoms with van der Waals surface area (Å²) in [5, 5.41) is 3.04. The van der Waals surface area contributed by atoms with Crippen LogP contribution in [0.4, 0.5) is 5.82 Å². The van der Waals surface area contributed by atoms with Gasteiger partial charge in [-0.05, 0) is 6.42 Å². The molecule has 15 heavy (non-hydrogen) atoms. The molecule has 0 bridgehead atoms. The highest BCUT2D eigenvalue weighted by atomic mass is 15.0. The van der Waals surface area contributed by atoms with Gasteiger partial charge in [0.1, 0.15) is 12.1 Å². The average molecular weight is 203 g/mol. The van der Waals surface area contributed by atoms with Crippen molar-refractivity contribution in [3.63, 3.8) is 0 Å². The van der Waals surface area contributed by atoms with Crippen molar-refractivity contribution in [3.8, 4) is 12.3 Å². The minimum absolute atomic E-state index is 0.0789. The van der Waals surface area contributed by atoms with Crippen LogP contribution in [0.1, 0.15) is 32.9 Å². The van der Waals surface area contributed by atoms with E-state index in [1.807, 2.05) is 6.07 Å². The van der Waals surface area contributed by atoms with Crippen LogP contribution < -0.4 is 5.32 Å². The van der Waals surface area contributed by atoms with Crippen LogP contribution in [-0.2, 0) is 5.41 Å². The van der Waals surface area contributed by atoms with Crippen molar-refractivity contribution in [1.82, 2.24) is 9.97 Å². The molecular weight excluding hydrogens is 186 g/mol. The van der Waals surface area contributed by atoms with Gasteiger partial charge in [-0.2, -0.15) is 0 Å². The van der Waals surface area contributed by atoms with Gasteiger partial charge in [0.25, 0.3) is 0 Å². The van der Waals surface area contributed by atoms with Crippen molar-refractivity contribution in [3.05, 3.63) is 18.1 Å². The molecule has 0 spiro atoms. The van der Waals surface area contributed by atoms with E-state index in [1.54, 1.807) is 6.33 Å². The average Bonchev–Trinajstić information content (AvgIpc) is 2.27. The maximum absolute atomic E-state index is 5.17. The lowest BCUT2D eigenvalue weighted by molar-refractivity contribution is 0.489. The molecule has 0 aliphatic heterocycles. The number of hydrogen-bond acceptors (Lipinski definition) is 3. The van der Waals surface area contributed by atoms with Crippen LogP contribution in [0, 0.1) is 12.3 Å². The molecule has 0 radical (unpaired) electrons. The van der Waals surface area contributed by atoms with E-state index in [4.69, 9.17) is 6.42 Å². The third kappa shape index (κ3) is 2.95. The van der Waals surface area contributed by atoms with Gasteiger partial charge in [0.05, 0.1) is 12.2 Å². The quantitative estimate of drug-likeness (QED) is 0.762. The molecular formula is C12H17N3. The van der Waals surface area contributed by atoms with Crippen LogP contribution in [-0.4, -0.2) is 16.5 Å². The van der Waals surface area contributed by atoms with Crippen LogP contribution >= 0.6 is 0 Å². The largest absolute Gasteiger partial charge is 0.359 e. The van der Waals surface area contributed by atoms with E-state index in [0.29, 0.717) is 6.54 Å². The highest BCUT2D eigenvalue weighted by Gasteiger charge is 2.19. The maximum Gasteiger partial charge on any atom is 0.130 e. The molecule has 0 amide bonds. The van der Waals surface area contributed by atoms with E-state index in [-0.39, 0.29) is 5.41 Å². The van der Waals surface area contributed by atoms with Crippen molar-refractivity contribution in [1.29, 1.82) is 0 Å². The predicted octanol–water partition coefficient (Wildman–Crippen LogP) is 2.21. The minimum Gasteiger partial charge on any atom is -0.359 e. The molecule has 0 aliphatic rings. The number of anilines is 1. The van der Waals surface area contributed by atoms with Crippen LogP contribution in [0.15, 0.2) is 12.4 Å². The second-order valence-corrected chi connectivity index (χ2v) is 4.08. The first-order valence-electron chi connectivity index (χ1n) is 5.10. The Kier molecular flexibility index (Phi) is 3.68. The third-order valence-corrected chi connectivity index (χ3v) is 2.62. The lowest BCUT2D eigenvalue weighted by Crippen LogP contribution is -2.18. The Bertz CT molecular complexity index is 363. The molecule has 3 nitrogen and oxygen atoms in total. The first-order chi connectivity index (χ1) is 7.10. The number of nitrogens with one attached hydrogen (secondary N) is 1. The van der Waals surface area contributed by atoms with Gasteiger partial charge < -0.3 is 5.32 Å². The molecule has 0 saturated heterocycles. The Hall–Kier alpha value is -1.56. The van der Waals surface area contributed by atoms with Gasteiger partial charge >= 0.3 is 0 Å². The number of rotatable bonds is 4. The molecule has 0 aliphatic carbocycles. The van der Waals surface area contributed by atoms with Gasteiger partial charge in [-0.25, -0.2) is 9.97 Å². The summed E-state index contributed by atoms with van der Waals surface area (Å²) in [7, 11) is 0. The van der Waals surface area contributed by atoms with Gasteiger partial charge in [-0.15, -0.1) is 6.42 Å². The number of terminal acetylenes is 1. The van der Waals surface area contributed by atoms with Crippen molar-refractivity contribution >= 4 is 5.82 Å². The molecule has 1 heterocycles. The molecule has 0 atom stereocenters. The Morgan fingerprint density at radius 2 is 2.20 bits per heavy atom. The van der Waals surface area contributed by atoms with Gasteiger partial charge in [-0.1, -0.05) is 26.7 Å². The van der Waals surface area contributed by atoms with Crippen LogP contribution in [0.3, 0.4) is 0 Å². The fourth-order valence-corrected chi connectivity index (χ4v) is 1.15. The third-order valence-electron chi connectivity index (χ3n) is 2.62.